The van der Waals surface area contributed by atoms with E-state index in [9.17, 15) is 14.4 Å². The van der Waals surface area contributed by atoms with Gasteiger partial charge in [0.25, 0.3) is 5.91 Å². The molecule has 2 rings (SSSR count). The number of benzene rings is 1. The highest BCUT2D eigenvalue weighted by molar-refractivity contribution is 6.09. The number of rotatable bonds is 10. The lowest BCUT2D eigenvalue weighted by Gasteiger charge is -2.29. The van der Waals surface area contributed by atoms with E-state index in [0.717, 1.165) is 38.5 Å². The second-order valence-corrected chi connectivity index (χ2v) is 7.23. The maximum Gasteiger partial charge on any atom is 0.261 e. The first-order valence-electron chi connectivity index (χ1n) is 10.3. The molecule has 1 fully saturated rings. The van der Waals surface area contributed by atoms with Crippen molar-refractivity contribution < 1.29 is 14.4 Å². The molecule has 1 atom stereocenters. The standard InChI is InChI=1S/C22H32N2O3/c1-3-5-10-16-23(17-11-6-4-2)22(27)19-14-15-20(25)24(19)21(26)18-12-8-7-9-13-18/h7-9,12-13,19H,3-6,10-11,14-17H2,1-2H3/t19-/m1/s1. The van der Waals surface area contributed by atoms with Crippen molar-refractivity contribution in [1.29, 1.82) is 0 Å². The van der Waals surface area contributed by atoms with Gasteiger partial charge in [-0.15, -0.1) is 0 Å². The summed E-state index contributed by atoms with van der Waals surface area (Å²) in [5.41, 5.74) is 0.453. The van der Waals surface area contributed by atoms with Crippen molar-refractivity contribution in [3.63, 3.8) is 0 Å². The summed E-state index contributed by atoms with van der Waals surface area (Å²) in [5.74, 6) is -0.680. The Bertz CT molecular complexity index is 620. The van der Waals surface area contributed by atoms with Gasteiger partial charge in [0.2, 0.25) is 11.8 Å². The normalized spacial score (nSPS) is 16.6. The van der Waals surface area contributed by atoms with Crippen LogP contribution in [0.2, 0.25) is 0 Å². The molecule has 3 amide bonds. The molecule has 1 saturated heterocycles. The Balaban J connectivity index is 2.13. The van der Waals surface area contributed by atoms with Crippen LogP contribution in [0.25, 0.3) is 0 Å². The third-order valence-electron chi connectivity index (χ3n) is 5.11. The van der Waals surface area contributed by atoms with Crippen LogP contribution in [0.15, 0.2) is 30.3 Å². The Labute approximate surface area is 162 Å². The van der Waals surface area contributed by atoms with Crippen molar-refractivity contribution in [2.24, 2.45) is 0 Å². The van der Waals surface area contributed by atoms with E-state index in [4.69, 9.17) is 0 Å². The lowest BCUT2D eigenvalue weighted by molar-refractivity contribution is -0.139. The second-order valence-electron chi connectivity index (χ2n) is 7.23. The summed E-state index contributed by atoms with van der Waals surface area (Å²) in [6.07, 6.45) is 6.95. The summed E-state index contributed by atoms with van der Waals surface area (Å²) < 4.78 is 0. The second kappa shape index (κ2) is 10.9. The molecule has 0 bridgehead atoms. The summed E-state index contributed by atoms with van der Waals surface area (Å²) in [6, 6.07) is 8.09. The predicted molar refractivity (Wildman–Crippen MR) is 106 cm³/mol. The fraction of sp³-hybridized carbons (Fsp3) is 0.591. The molecule has 0 saturated carbocycles. The topological polar surface area (TPSA) is 57.7 Å². The van der Waals surface area contributed by atoms with Crippen LogP contribution in [0.5, 0.6) is 0 Å². The van der Waals surface area contributed by atoms with Crippen molar-refractivity contribution in [2.75, 3.05) is 13.1 Å². The van der Waals surface area contributed by atoms with Crippen molar-refractivity contribution in [3.8, 4) is 0 Å². The Morgan fingerprint density at radius 2 is 1.59 bits per heavy atom. The lowest BCUT2D eigenvalue weighted by Crippen LogP contribution is -2.49. The third-order valence-corrected chi connectivity index (χ3v) is 5.11. The predicted octanol–water partition coefficient (Wildman–Crippen LogP) is 4.03. The van der Waals surface area contributed by atoms with E-state index in [0.29, 0.717) is 25.1 Å². The molecule has 5 heteroatoms. The highest BCUT2D eigenvalue weighted by atomic mass is 16.2. The molecule has 1 aliphatic heterocycles. The number of imide groups is 1. The van der Waals surface area contributed by atoms with Crippen molar-refractivity contribution in [1.82, 2.24) is 9.80 Å². The fourth-order valence-electron chi connectivity index (χ4n) is 3.54. The summed E-state index contributed by atoms with van der Waals surface area (Å²) >= 11 is 0. The van der Waals surface area contributed by atoms with Gasteiger partial charge in [-0.25, -0.2) is 0 Å². The van der Waals surface area contributed by atoms with Crippen molar-refractivity contribution >= 4 is 17.7 Å². The first-order chi connectivity index (χ1) is 13.1. The molecule has 0 aromatic heterocycles. The van der Waals surface area contributed by atoms with Gasteiger partial charge in [-0.05, 0) is 31.4 Å². The zero-order valence-electron chi connectivity index (χ0n) is 16.7. The van der Waals surface area contributed by atoms with Crippen LogP contribution in [0.1, 0.15) is 75.6 Å². The molecule has 27 heavy (non-hydrogen) atoms. The molecule has 0 N–H and O–H groups in total. The molecule has 1 aromatic carbocycles. The first-order valence-corrected chi connectivity index (χ1v) is 10.3. The van der Waals surface area contributed by atoms with Crippen LogP contribution in [0, 0.1) is 0 Å². The number of carbonyl (C=O) groups is 3. The average molecular weight is 373 g/mol. The lowest BCUT2D eigenvalue weighted by atomic mass is 10.1. The van der Waals surface area contributed by atoms with Gasteiger partial charge >= 0.3 is 0 Å². The number of unbranched alkanes of at least 4 members (excludes halogenated alkanes) is 4. The summed E-state index contributed by atoms with van der Waals surface area (Å²) in [6.45, 7) is 5.68. The number of hydrogen-bond acceptors (Lipinski definition) is 3. The maximum atomic E-state index is 13.2. The third kappa shape index (κ3) is 5.65. The number of hydrogen-bond donors (Lipinski definition) is 0. The van der Waals surface area contributed by atoms with Gasteiger partial charge in [0, 0.05) is 25.1 Å². The summed E-state index contributed by atoms with van der Waals surface area (Å²) in [4.78, 5) is 41.5. The molecule has 1 aliphatic rings. The largest absolute Gasteiger partial charge is 0.341 e. The number of likely N-dealkylation sites (tertiary alicyclic amines) is 1. The zero-order valence-corrected chi connectivity index (χ0v) is 16.7. The molecular weight excluding hydrogens is 340 g/mol. The molecule has 0 radical (unpaired) electrons. The van der Waals surface area contributed by atoms with Crippen LogP contribution in [0.3, 0.4) is 0 Å². The minimum absolute atomic E-state index is 0.0719. The molecular formula is C22H32N2O3. The Hall–Kier alpha value is -2.17. The Kier molecular flexibility index (Phi) is 8.49. The molecule has 1 heterocycles. The van der Waals surface area contributed by atoms with E-state index in [-0.39, 0.29) is 24.1 Å². The van der Waals surface area contributed by atoms with Crippen LogP contribution >= 0.6 is 0 Å². The van der Waals surface area contributed by atoms with Gasteiger partial charge in [0.15, 0.2) is 0 Å². The monoisotopic (exact) mass is 372 g/mol. The van der Waals surface area contributed by atoms with Gasteiger partial charge in [0.1, 0.15) is 6.04 Å². The van der Waals surface area contributed by atoms with Crippen molar-refractivity contribution in [3.05, 3.63) is 35.9 Å². The minimum atomic E-state index is -0.659. The fourth-order valence-corrected chi connectivity index (χ4v) is 3.54. The van der Waals surface area contributed by atoms with E-state index in [1.165, 1.54) is 4.90 Å². The van der Waals surface area contributed by atoms with E-state index < -0.39 is 6.04 Å². The Morgan fingerprint density at radius 3 is 2.15 bits per heavy atom. The zero-order chi connectivity index (χ0) is 19.6. The Morgan fingerprint density at radius 1 is 1.00 bits per heavy atom. The average Bonchev–Trinajstić information content (AvgIpc) is 3.08. The van der Waals surface area contributed by atoms with Crippen LogP contribution in [0.4, 0.5) is 0 Å². The van der Waals surface area contributed by atoms with E-state index >= 15 is 0 Å². The molecule has 0 aliphatic carbocycles. The SMILES string of the molecule is CCCCCN(CCCCC)C(=O)[C@H]1CCC(=O)N1C(=O)c1ccccc1. The molecule has 5 nitrogen and oxygen atoms in total. The smallest absolute Gasteiger partial charge is 0.261 e. The maximum absolute atomic E-state index is 13.2. The van der Waals surface area contributed by atoms with E-state index in [1.807, 2.05) is 11.0 Å². The number of nitrogens with zero attached hydrogens (tertiary/aromatic N) is 2. The number of amides is 3. The van der Waals surface area contributed by atoms with Crippen molar-refractivity contribution in [2.45, 2.75) is 71.3 Å². The van der Waals surface area contributed by atoms with Gasteiger partial charge in [-0.3, -0.25) is 19.3 Å². The van der Waals surface area contributed by atoms with Crippen LogP contribution < -0.4 is 0 Å². The van der Waals surface area contributed by atoms with Gasteiger partial charge in [-0.2, -0.15) is 0 Å². The summed E-state index contributed by atoms with van der Waals surface area (Å²) in [5, 5.41) is 0. The van der Waals surface area contributed by atoms with Gasteiger partial charge in [0.05, 0.1) is 0 Å². The van der Waals surface area contributed by atoms with Crippen LogP contribution in [-0.2, 0) is 9.59 Å². The highest BCUT2D eigenvalue weighted by Crippen LogP contribution is 2.24. The quantitative estimate of drug-likeness (QED) is 0.460. The van der Waals surface area contributed by atoms with Gasteiger partial charge in [-0.1, -0.05) is 57.7 Å². The number of carbonyl (C=O) groups excluding carboxylic acids is 3. The highest BCUT2D eigenvalue weighted by Gasteiger charge is 2.42. The van der Waals surface area contributed by atoms with E-state index in [2.05, 4.69) is 13.8 Å². The summed E-state index contributed by atoms with van der Waals surface area (Å²) in [7, 11) is 0. The molecule has 0 spiro atoms. The molecule has 148 valence electrons. The molecule has 1 aromatic rings. The van der Waals surface area contributed by atoms with Crippen LogP contribution in [-0.4, -0.2) is 46.7 Å². The molecule has 0 unspecified atom stereocenters. The minimum Gasteiger partial charge on any atom is -0.341 e. The van der Waals surface area contributed by atoms with E-state index in [1.54, 1.807) is 24.3 Å². The van der Waals surface area contributed by atoms with Gasteiger partial charge < -0.3 is 4.90 Å². The first kappa shape index (κ1) is 21.1.